The summed E-state index contributed by atoms with van der Waals surface area (Å²) in [6, 6.07) is 23.4. The highest BCUT2D eigenvalue weighted by atomic mass is 32.1. The van der Waals surface area contributed by atoms with Crippen LogP contribution >= 0.6 is 46.1 Å². The molecule has 0 amide bonds. The van der Waals surface area contributed by atoms with Crippen LogP contribution < -0.4 is 9.88 Å². The quantitative estimate of drug-likeness (QED) is 0.286. The summed E-state index contributed by atoms with van der Waals surface area (Å²) in [7, 11) is 0. The summed E-state index contributed by atoms with van der Waals surface area (Å²) in [5, 5.41) is 0. The van der Waals surface area contributed by atoms with Gasteiger partial charge in [-0.3, -0.25) is 0 Å². The second-order valence-corrected chi connectivity index (χ2v) is 9.57. The Hall–Kier alpha value is -3.58. The number of hydrogen-bond donors (Lipinski definition) is 0. The van der Waals surface area contributed by atoms with E-state index in [4.69, 9.17) is 8.83 Å². The van der Waals surface area contributed by atoms with Crippen molar-refractivity contribution in [3.63, 3.8) is 0 Å². The molecule has 4 heterocycles. The molecule has 0 saturated heterocycles. The van der Waals surface area contributed by atoms with Gasteiger partial charge in [-0.25, -0.2) is 9.59 Å². The van der Waals surface area contributed by atoms with Gasteiger partial charge in [0.15, 0.2) is 0 Å². The number of hydrogen-bond acceptors (Lipinski definition) is 12. The van der Waals surface area contributed by atoms with Crippen molar-refractivity contribution in [2.24, 2.45) is 0 Å². The minimum absolute atomic E-state index is 0.347. The fourth-order valence-electron chi connectivity index (χ4n) is 2.82. The Morgan fingerprint density at radius 3 is 1.29 bits per heavy atom. The zero-order valence-corrected chi connectivity index (χ0v) is 20.2. The summed E-state index contributed by atoms with van der Waals surface area (Å²) in [5.41, 5.74) is 3.79. The van der Waals surface area contributed by atoms with Crippen LogP contribution in [0.25, 0.3) is 44.1 Å². The molecule has 0 N–H and O–H groups in total. The van der Waals surface area contributed by atoms with Gasteiger partial charge in [0.25, 0.3) is 11.8 Å². The molecule has 0 aliphatic rings. The summed E-state index contributed by atoms with van der Waals surface area (Å²) >= 11 is 4.17. The van der Waals surface area contributed by atoms with Crippen molar-refractivity contribution in [3.8, 4) is 44.1 Å². The number of benzene rings is 2. The van der Waals surface area contributed by atoms with Crippen LogP contribution in [-0.2, 0) is 0 Å². The molecule has 0 atom stereocenters. The first kappa shape index (κ1) is 22.2. The predicted octanol–water partition coefficient (Wildman–Crippen LogP) is 5.77. The molecule has 0 fully saturated rings. The van der Waals surface area contributed by atoms with Crippen LogP contribution in [0.3, 0.4) is 0 Å². The van der Waals surface area contributed by atoms with Crippen molar-refractivity contribution in [1.82, 2.24) is 17.5 Å². The van der Waals surface area contributed by atoms with E-state index in [1.54, 1.807) is 0 Å². The van der Waals surface area contributed by atoms with Crippen molar-refractivity contribution in [2.75, 3.05) is 0 Å². The van der Waals surface area contributed by atoms with E-state index in [-0.39, 0.29) is 0 Å². The van der Waals surface area contributed by atoms with E-state index in [1.165, 1.54) is 23.1 Å². The van der Waals surface area contributed by atoms with Crippen LogP contribution in [0.4, 0.5) is 0 Å². The van der Waals surface area contributed by atoms with Gasteiger partial charge in [0.1, 0.15) is 9.75 Å². The first-order valence-electron chi connectivity index (χ1n) is 9.64. The van der Waals surface area contributed by atoms with Gasteiger partial charge in [-0.2, -0.15) is 8.75 Å². The number of nitrogens with zero attached hydrogens (tertiary/aromatic N) is 4. The minimum atomic E-state index is -0.394. The molecule has 0 unspecified atom stereocenters. The molecule has 6 rings (SSSR count). The second-order valence-electron chi connectivity index (χ2n) is 6.56. The Kier molecular flexibility index (Phi) is 6.62. The third-order valence-electron chi connectivity index (χ3n) is 4.35. The highest BCUT2D eigenvalue weighted by molar-refractivity contribution is 7.10. The van der Waals surface area contributed by atoms with Crippen LogP contribution in [-0.4, -0.2) is 17.5 Å². The molecule has 0 spiro atoms. The Balaban J connectivity index is 0.000000142. The van der Waals surface area contributed by atoms with E-state index in [1.807, 2.05) is 72.8 Å². The third-order valence-corrected chi connectivity index (χ3v) is 6.88. The molecule has 12 heteroatoms. The molecule has 0 radical (unpaired) electrons. The van der Waals surface area contributed by atoms with E-state index in [0.29, 0.717) is 11.8 Å². The van der Waals surface area contributed by atoms with Gasteiger partial charge in [-0.1, -0.05) is 60.7 Å². The van der Waals surface area contributed by atoms with Gasteiger partial charge in [-0.05, 0) is 35.2 Å². The largest absolute Gasteiger partial charge is 0.414 e. The first-order chi connectivity index (χ1) is 16.7. The van der Waals surface area contributed by atoms with Crippen LogP contribution in [0.2, 0.25) is 0 Å². The molecule has 168 valence electrons. The summed E-state index contributed by atoms with van der Waals surface area (Å²) in [6.45, 7) is 0. The summed E-state index contributed by atoms with van der Waals surface area (Å²) in [6.07, 6.45) is 0. The van der Waals surface area contributed by atoms with Crippen molar-refractivity contribution in [2.45, 2.75) is 0 Å². The SMILES string of the molecule is O=c1oc(-c2cc(-c3ccccc3)ns2)ns1.O=c1oc(-c2cc(-c3ccccc3)ns2)ns1. The molecule has 6 aromatic rings. The Morgan fingerprint density at radius 2 is 0.941 bits per heavy atom. The fraction of sp³-hybridized carbons (Fsp3) is 0. The smallest absolute Gasteiger partial charge is 0.393 e. The maximum Gasteiger partial charge on any atom is 0.414 e. The molecular formula is C22H12N4O4S4. The fourth-order valence-corrected chi connectivity index (χ4v) is 5.13. The average Bonchev–Trinajstić information content (AvgIpc) is 3.67. The predicted molar refractivity (Wildman–Crippen MR) is 134 cm³/mol. The highest BCUT2D eigenvalue weighted by Gasteiger charge is 2.12. The molecule has 4 aromatic heterocycles. The lowest BCUT2D eigenvalue weighted by Crippen LogP contribution is -1.80. The number of aromatic nitrogens is 4. The maximum absolute atomic E-state index is 10.9. The van der Waals surface area contributed by atoms with Crippen LogP contribution in [0.5, 0.6) is 0 Å². The minimum Gasteiger partial charge on any atom is -0.393 e. The van der Waals surface area contributed by atoms with Crippen molar-refractivity contribution < 1.29 is 8.83 Å². The van der Waals surface area contributed by atoms with Crippen molar-refractivity contribution in [3.05, 3.63) is 92.3 Å². The molecule has 34 heavy (non-hydrogen) atoms. The highest BCUT2D eigenvalue weighted by Crippen LogP contribution is 2.29. The molecule has 0 aliphatic carbocycles. The van der Waals surface area contributed by atoms with E-state index in [0.717, 1.165) is 55.3 Å². The lowest BCUT2D eigenvalue weighted by molar-refractivity contribution is 0.544. The van der Waals surface area contributed by atoms with Crippen LogP contribution in [0, 0.1) is 0 Å². The molecule has 0 saturated carbocycles. The van der Waals surface area contributed by atoms with E-state index in [2.05, 4.69) is 17.5 Å². The normalized spacial score (nSPS) is 10.6. The standard InChI is InChI=1S/2C11H6N2O2S2/c2*14-11-15-10(13-17-11)9-6-8(12-16-9)7-4-2-1-3-5-7/h2*1-6H. The first-order valence-corrected chi connectivity index (χ1v) is 12.7. The zero-order chi connectivity index (χ0) is 23.3. The van der Waals surface area contributed by atoms with Gasteiger partial charge < -0.3 is 8.83 Å². The summed E-state index contributed by atoms with van der Waals surface area (Å²) in [5.74, 6) is 0.694. The lowest BCUT2D eigenvalue weighted by atomic mass is 10.1. The Bertz CT molecular complexity index is 1490. The number of rotatable bonds is 4. The monoisotopic (exact) mass is 524 g/mol. The molecule has 0 bridgehead atoms. The summed E-state index contributed by atoms with van der Waals surface area (Å²) in [4.78, 5) is 22.6. The maximum atomic E-state index is 10.9. The molecular weight excluding hydrogens is 513 g/mol. The van der Waals surface area contributed by atoms with Gasteiger partial charge >= 0.3 is 9.88 Å². The van der Waals surface area contributed by atoms with Crippen LogP contribution in [0.15, 0.2) is 91.2 Å². The van der Waals surface area contributed by atoms with Gasteiger partial charge in [0.2, 0.25) is 0 Å². The molecule has 2 aromatic carbocycles. The van der Waals surface area contributed by atoms with E-state index >= 15 is 0 Å². The van der Waals surface area contributed by atoms with Crippen molar-refractivity contribution >= 4 is 46.1 Å². The molecule has 8 nitrogen and oxygen atoms in total. The van der Waals surface area contributed by atoms with Gasteiger partial charge in [-0.15, -0.1) is 8.75 Å². The third kappa shape index (κ3) is 5.15. The van der Waals surface area contributed by atoms with Crippen molar-refractivity contribution in [1.29, 1.82) is 0 Å². The average molecular weight is 525 g/mol. The molecule has 0 aliphatic heterocycles. The van der Waals surface area contributed by atoms with Gasteiger partial charge in [0.05, 0.1) is 34.5 Å². The Morgan fingerprint density at radius 1 is 0.529 bits per heavy atom. The summed E-state index contributed by atoms with van der Waals surface area (Å²) < 4.78 is 26.4. The Labute approximate surface area is 208 Å². The van der Waals surface area contributed by atoms with E-state index < -0.39 is 9.88 Å². The second kappa shape index (κ2) is 10.1. The topological polar surface area (TPSA) is 112 Å². The van der Waals surface area contributed by atoms with Crippen LogP contribution in [0.1, 0.15) is 0 Å². The van der Waals surface area contributed by atoms with E-state index in [9.17, 15) is 9.59 Å². The lowest BCUT2D eigenvalue weighted by Gasteiger charge is -1.92. The van der Waals surface area contributed by atoms with Gasteiger partial charge in [0, 0.05) is 11.1 Å². The zero-order valence-electron chi connectivity index (χ0n) is 17.0.